The van der Waals surface area contributed by atoms with Crippen LogP contribution in [-0.4, -0.2) is 39.7 Å². The molecule has 5 nitrogen and oxygen atoms in total. The van der Waals surface area contributed by atoms with Crippen molar-refractivity contribution in [1.82, 2.24) is 5.32 Å². The molecule has 0 saturated heterocycles. The smallest absolute Gasteiger partial charge is 0.322 e. The summed E-state index contributed by atoms with van der Waals surface area (Å²) in [7, 11) is -0.573. The van der Waals surface area contributed by atoms with Crippen LogP contribution in [0.2, 0.25) is 0 Å². The summed E-state index contributed by atoms with van der Waals surface area (Å²) in [5.74, 6) is -0.365. The van der Waals surface area contributed by atoms with Crippen molar-refractivity contribution in [1.29, 1.82) is 0 Å². The van der Waals surface area contributed by atoms with Crippen LogP contribution in [-0.2, 0) is 20.4 Å². The third-order valence-corrected chi connectivity index (χ3v) is 4.16. The van der Waals surface area contributed by atoms with E-state index in [9.17, 15) is 13.8 Å². The van der Waals surface area contributed by atoms with E-state index in [2.05, 4.69) is 12.2 Å². The Kier molecular flexibility index (Phi) is 20.3. The molecule has 0 spiro atoms. The molecule has 23 heavy (non-hydrogen) atoms. The first-order chi connectivity index (χ1) is 10.9. The van der Waals surface area contributed by atoms with Crippen LogP contribution in [0.25, 0.3) is 0 Å². The summed E-state index contributed by atoms with van der Waals surface area (Å²) >= 11 is 0. The Labute approximate surface area is 144 Å². The van der Waals surface area contributed by atoms with Crippen LogP contribution in [0, 0.1) is 0 Å². The van der Waals surface area contributed by atoms with E-state index in [1.54, 1.807) is 6.26 Å². The van der Waals surface area contributed by atoms with Gasteiger partial charge in [-0.2, -0.15) is 0 Å². The minimum Gasteiger partial charge on any atom is -0.480 e. The molecule has 1 unspecified atom stereocenters. The Morgan fingerprint density at radius 3 is 1.74 bits per heavy atom. The Hall–Kier alpha value is -0.910. The minimum atomic E-state index is -0.990. The van der Waals surface area contributed by atoms with Gasteiger partial charge in [0.15, 0.2) is 0 Å². The van der Waals surface area contributed by atoms with Crippen molar-refractivity contribution in [2.24, 2.45) is 0 Å². The molecule has 1 amide bonds. The van der Waals surface area contributed by atoms with Gasteiger partial charge in [0.2, 0.25) is 5.91 Å². The maximum atomic E-state index is 11.2. The number of aliphatic carboxylic acids is 1. The predicted octanol–water partition coefficient (Wildman–Crippen LogP) is 3.49. The lowest BCUT2D eigenvalue weighted by molar-refractivity contribution is -0.137. The zero-order valence-electron chi connectivity index (χ0n) is 15.1. The number of carboxylic acid groups (broad SMARTS) is 1. The van der Waals surface area contributed by atoms with Gasteiger partial charge in [-0.05, 0) is 6.42 Å². The number of nitrogens with one attached hydrogen (secondary N) is 1. The molecule has 0 saturated carbocycles. The Morgan fingerprint density at radius 1 is 0.913 bits per heavy atom. The zero-order valence-corrected chi connectivity index (χ0v) is 15.9. The van der Waals surface area contributed by atoms with Crippen LogP contribution in [0.5, 0.6) is 0 Å². The highest BCUT2D eigenvalue weighted by Gasteiger charge is 2.02. The lowest BCUT2D eigenvalue weighted by Crippen LogP contribution is -2.28. The fourth-order valence-corrected chi connectivity index (χ4v) is 1.86. The first kappa shape index (κ1) is 24.3. The molecule has 1 atom stereocenters. The third kappa shape index (κ3) is 26.3. The van der Waals surface area contributed by atoms with E-state index in [0.29, 0.717) is 6.42 Å². The van der Waals surface area contributed by atoms with Crippen LogP contribution < -0.4 is 5.32 Å². The molecule has 0 aliphatic rings. The second-order valence-electron chi connectivity index (χ2n) is 5.61. The normalized spacial score (nSPS) is 11.3. The van der Waals surface area contributed by atoms with Crippen LogP contribution in [0.1, 0.15) is 78.1 Å². The summed E-state index contributed by atoms with van der Waals surface area (Å²) in [6.07, 6.45) is 13.1. The lowest BCUT2D eigenvalue weighted by Gasteiger charge is -2.03. The number of amides is 1. The van der Waals surface area contributed by atoms with Gasteiger partial charge in [0.25, 0.3) is 0 Å². The second kappa shape index (κ2) is 19.1. The largest absolute Gasteiger partial charge is 0.480 e. The van der Waals surface area contributed by atoms with Crippen molar-refractivity contribution in [2.75, 3.05) is 18.6 Å². The molecule has 2 N–H and O–H groups in total. The molecule has 6 heteroatoms. The molecule has 0 aliphatic heterocycles. The molecule has 0 aromatic heterocycles. The number of hydrogen-bond donors (Lipinski definition) is 2. The van der Waals surface area contributed by atoms with Crippen molar-refractivity contribution in [2.45, 2.75) is 78.1 Å². The average molecular weight is 350 g/mol. The maximum absolute atomic E-state index is 11.2. The molecule has 138 valence electrons. The van der Waals surface area contributed by atoms with E-state index in [1.165, 1.54) is 44.9 Å². The fraction of sp³-hybridized carbons (Fsp3) is 0.882. The average Bonchev–Trinajstić information content (AvgIpc) is 2.51. The van der Waals surface area contributed by atoms with Gasteiger partial charge in [0.1, 0.15) is 6.54 Å². The van der Waals surface area contributed by atoms with Gasteiger partial charge in [-0.1, -0.05) is 65.2 Å². The van der Waals surface area contributed by atoms with Gasteiger partial charge in [-0.3, -0.25) is 13.8 Å². The molecular weight excluding hydrogens is 314 g/mol. The SMILES string of the molecule is CCCCCCCCCCCC(=O)NCC(=O)O.CCS(C)=O. The highest BCUT2D eigenvalue weighted by atomic mass is 32.2. The number of rotatable bonds is 13. The van der Waals surface area contributed by atoms with E-state index in [0.717, 1.165) is 18.6 Å². The summed E-state index contributed by atoms with van der Waals surface area (Å²) < 4.78 is 9.92. The van der Waals surface area contributed by atoms with Gasteiger partial charge < -0.3 is 10.4 Å². The van der Waals surface area contributed by atoms with E-state index in [-0.39, 0.29) is 12.5 Å². The second-order valence-corrected chi connectivity index (χ2v) is 7.33. The monoisotopic (exact) mass is 349 g/mol. The number of hydrogen-bond acceptors (Lipinski definition) is 3. The molecule has 0 aliphatic carbocycles. The predicted molar refractivity (Wildman–Crippen MR) is 97.1 cm³/mol. The van der Waals surface area contributed by atoms with Crippen LogP contribution >= 0.6 is 0 Å². The fourth-order valence-electron chi connectivity index (χ4n) is 1.86. The Morgan fingerprint density at radius 2 is 1.35 bits per heavy atom. The number of unbranched alkanes of at least 4 members (excludes halogenated alkanes) is 8. The van der Waals surface area contributed by atoms with Crippen molar-refractivity contribution in [3.8, 4) is 0 Å². The van der Waals surface area contributed by atoms with Gasteiger partial charge in [-0.15, -0.1) is 0 Å². The first-order valence-corrected chi connectivity index (χ1v) is 10.4. The van der Waals surface area contributed by atoms with Gasteiger partial charge in [0, 0.05) is 29.2 Å². The van der Waals surface area contributed by atoms with Crippen LogP contribution in [0.3, 0.4) is 0 Å². The van der Waals surface area contributed by atoms with E-state index in [4.69, 9.17) is 5.11 Å². The standard InChI is InChI=1S/C14H27NO3.C3H8OS/c1-2-3-4-5-6-7-8-9-10-11-13(16)15-12-14(17)18;1-3-5(2)4/h2-12H2,1H3,(H,15,16)(H,17,18);3H2,1-2H3. The van der Waals surface area contributed by atoms with Crippen molar-refractivity contribution >= 4 is 22.7 Å². The van der Waals surface area contributed by atoms with Gasteiger partial charge >= 0.3 is 5.97 Å². The maximum Gasteiger partial charge on any atom is 0.322 e. The summed E-state index contributed by atoms with van der Waals surface area (Å²) in [6, 6.07) is 0. The molecule has 0 fully saturated rings. The number of carboxylic acids is 1. The topological polar surface area (TPSA) is 83.5 Å². The number of carbonyl (C=O) groups excluding carboxylic acids is 1. The van der Waals surface area contributed by atoms with Crippen LogP contribution in [0.15, 0.2) is 0 Å². The summed E-state index contributed by atoms with van der Waals surface area (Å²) in [6.45, 7) is 3.85. The molecule has 0 aromatic rings. The molecule has 0 heterocycles. The van der Waals surface area contributed by atoms with Crippen molar-refractivity contribution in [3.05, 3.63) is 0 Å². The van der Waals surface area contributed by atoms with Crippen molar-refractivity contribution < 1.29 is 18.9 Å². The third-order valence-electron chi connectivity index (χ3n) is 3.35. The molecule has 0 radical (unpaired) electrons. The van der Waals surface area contributed by atoms with Gasteiger partial charge in [0.05, 0.1) is 0 Å². The summed E-state index contributed by atoms with van der Waals surface area (Å²) in [5.41, 5.74) is 0. The molecule has 0 bridgehead atoms. The van der Waals surface area contributed by atoms with Crippen LogP contribution in [0.4, 0.5) is 0 Å². The minimum absolute atomic E-state index is 0.152. The molecule has 0 rings (SSSR count). The molecule has 0 aromatic carbocycles. The Balaban J connectivity index is 0. The highest BCUT2D eigenvalue weighted by molar-refractivity contribution is 7.84. The number of carbonyl (C=O) groups is 2. The van der Waals surface area contributed by atoms with E-state index in [1.807, 2.05) is 6.92 Å². The first-order valence-electron chi connectivity index (χ1n) is 8.72. The molecular formula is C17H35NO4S. The van der Waals surface area contributed by atoms with E-state index < -0.39 is 16.8 Å². The van der Waals surface area contributed by atoms with Gasteiger partial charge in [-0.25, -0.2) is 0 Å². The Bertz CT molecular complexity index is 322. The van der Waals surface area contributed by atoms with E-state index >= 15 is 0 Å². The highest BCUT2D eigenvalue weighted by Crippen LogP contribution is 2.10. The zero-order chi connectivity index (χ0) is 17.9. The lowest BCUT2D eigenvalue weighted by atomic mass is 10.1. The summed E-state index contributed by atoms with van der Waals surface area (Å²) in [5, 5.41) is 10.7. The summed E-state index contributed by atoms with van der Waals surface area (Å²) in [4.78, 5) is 21.4. The quantitative estimate of drug-likeness (QED) is 0.499. The van der Waals surface area contributed by atoms with Crippen molar-refractivity contribution in [3.63, 3.8) is 0 Å².